The second-order valence-electron chi connectivity index (χ2n) is 4.54. The average molecular weight is 285 g/mol. The van der Waals surface area contributed by atoms with Crippen LogP contribution in [0.2, 0.25) is 0 Å². The van der Waals surface area contributed by atoms with Crippen molar-refractivity contribution in [3.63, 3.8) is 0 Å². The number of nitrogens with zero attached hydrogens (tertiary/aromatic N) is 1. The van der Waals surface area contributed by atoms with Gasteiger partial charge in [0.2, 0.25) is 5.88 Å². The normalized spacial score (nSPS) is 21.2. The summed E-state index contributed by atoms with van der Waals surface area (Å²) < 4.78 is 28.7. The summed E-state index contributed by atoms with van der Waals surface area (Å²) in [6.45, 7) is 2.72. The van der Waals surface area contributed by atoms with E-state index in [-0.39, 0.29) is 5.25 Å². The van der Waals surface area contributed by atoms with Gasteiger partial charge in [-0.1, -0.05) is 0 Å². The summed E-state index contributed by atoms with van der Waals surface area (Å²) in [6, 6.07) is 3.42. The molecule has 106 valence electrons. The lowest BCUT2D eigenvalue weighted by Gasteiger charge is -2.13. The number of hydrogen-bond acceptors (Lipinski definition) is 6. The van der Waals surface area contributed by atoms with Gasteiger partial charge >= 0.3 is 0 Å². The van der Waals surface area contributed by atoms with Gasteiger partial charge in [-0.2, -0.15) is 4.98 Å². The second-order valence-corrected chi connectivity index (χ2v) is 6.94. The van der Waals surface area contributed by atoms with Crippen molar-refractivity contribution < 1.29 is 13.2 Å². The van der Waals surface area contributed by atoms with Crippen LogP contribution in [0.25, 0.3) is 0 Å². The van der Waals surface area contributed by atoms with Crippen LogP contribution in [-0.2, 0) is 9.84 Å². The number of pyridine rings is 1. The van der Waals surface area contributed by atoms with Gasteiger partial charge in [0.25, 0.3) is 0 Å². The van der Waals surface area contributed by atoms with E-state index in [4.69, 9.17) is 10.5 Å². The van der Waals surface area contributed by atoms with Crippen LogP contribution in [0.3, 0.4) is 0 Å². The topological polar surface area (TPSA) is 94.3 Å². The molecule has 19 heavy (non-hydrogen) atoms. The number of nitrogen functional groups attached to an aromatic ring is 1. The van der Waals surface area contributed by atoms with Crippen molar-refractivity contribution in [1.82, 2.24) is 4.98 Å². The van der Waals surface area contributed by atoms with Crippen molar-refractivity contribution in [3.8, 4) is 5.88 Å². The maximum Gasteiger partial charge on any atom is 0.239 e. The third-order valence-corrected chi connectivity index (χ3v) is 5.42. The molecule has 2 heterocycles. The van der Waals surface area contributed by atoms with Crippen molar-refractivity contribution in [2.45, 2.75) is 25.0 Å². The van der Waals surface area contributed by atoms with Gasteiger partial charge in [-0.25, -0.2) is 8.42 Å². The Bertz CT molecular complexity index is 545. The average Bonchev–Trinajstić information content (AvgIpc) is 2.70. The van der Waals surface area contributed by atoms with Crippen LogP contribution in [0.15, 0.2) is 12.1 Å². The fourth-order valence-corrected chi connectivity index (χ4v) is 3.87. The number of rotatable bonds is 5. The van der Waals surface area contributed by atoms with Gasteiger partial charge in [0, 0.05) is 6.54 Å². The van der Waals surface area contributed by atoms with Crippen LogP contribution in [0.1, 0.15) is 19.8 Å². The Hall–Kier alpha value is -1.50. The lowest BCUT2D eigenvalue weighted by atomic mass is 10.2. The highest BCUT2D eigenvalue weighted by atomic mass is 32.2. The van der Waals surface area contributed by atoms with E-state index in [1.807, 2.05) is 6.92 Å². The van der Waals surface area contributed by atoms with Gasteiger partial charge in [0.05, 0.1) is 23.3 Å². The lowest BCUT2D eigenvalue weighted by molar-refractivity contribution is 0.329. The molecule has 1 aromatic rings. The minimum atomic E-state index is -2.93. The molecule has 1 aliphatic heterocycles. The SMILES string of the molecule is CCOc1nc(NCC2CCCS2(=O)=O)ccc1N. The highest BCUT2D eigenvalue weighted by Gasteiger charge is 2.30. The molecule has 1 fully saturated rings. The Morgan fingerprint density at radius 3 is 2.95 bits per heavy atom. The van der Waals surface area contributed by atoms with E-state index in [2.05, 4.69) is 10.3 Å². The van der Waals surface area contributed by atoms with Crippen LogP contribution < -0.4 is 15.8 Å². The second kappa shape index (κ2) is 5.64. The van der Waals surface area contributed by atoms with E-state index in [0.29, 0.717) is 42.7 Å². The maximum absolute atomic E-state index is 11.7. The highest BCUT2D eigenvalue weighted by molar-refractivity contribution is 7.92. The molecule has 1 atom stereocenters. The van der Waals surface area contributed by atoms with Crippen LogP contribution in [-0.4, -0.2) is 37.6 Å². The zero-order chi connectivity index (χ0) is 13.9. The minimum Gasteiger partial charge on any atom is -0.476 e. The fourth-order valence-electron chi connectivity index (χ4n) is 2.11. The van der Waals surface area contributed by atoms with Gasteiger partial charge in [0.1, 0.15) is 5.82 Å². The summed E-state index contributed by atoms with van der Waals surface area (Å²) in [7, 11) is -2.93. The Kier molecular flexibility index (Phi) is 4.14. The number of nitrogens with one attached hydrogen (secondary N) is 1. The largest absolute Gasteiger partial charge is 0.476 e. The van der Waals surface area contributed by atoms with Crippen molar-refractivity contribution in [2.24, 2.45) is 0 Å². The molecule has 0 saturated carbocycles. The first-order valence-electron chi connectivity index (χ1n) is 6.37. The third kappa shape index (κ3) is 3.28. The number of nitrogens with two attached hydrogens (primary N) is 1. The molecule has 7 heteroatoms. The van der Waals surface area contributed by atoms with E-state index in [1.165, 1.54) is 0 Å². The third-order valence-electron chi connectivity index (χ3n) is 3.14. The molecule has 1 aromatic heterocycles. The Labute approximate surface area is 113 Å². The summed E-state index contributed by atoms with van der Waals surface area (Å²) >= 11 is 0. The van der Waals surface area contributed by atoms with Crippen molar-refractivity contribution in [3.05, 3.63) is 12.1 Å². The van der Waals surface area contributed by atoms with Gasteiger partial charge in [-0.05, 0) is 31.9 Å². The molecule has 0 aliphatic carbocycles. The summed E-state index contributed by atoms with van der Waals surface area (Å²) in [5, 5.41) is 2.73. The molecule has 6 nitrogen and oxygen atoms in total. The first-order chi connectivity index (χ1) is 9.03. The molecule has 1 aliphatic rings. The predicted octanol–water partition coefficient (Wildman–Crippen LogP) is 1.05. The van der Waals surface area contributed by atoms with E-state index >= 15 is 0 Å². The first kappa shape index (κ1) is 13.9. The molecular weight excluding hydrogens is 266 g/mol. The Morgan fingerprint density at radius 2 is 2.32 bits per heavy atom. The Balaban J connectivity index is 2.02. The summed E-state index contributed by atoms with van der Waals surface area (Å²) in [6.07, 6.45) is 1.46. The van der Waals surface area contributed by atoms with Crippen molar-refractivity contribution >= 4 is 21.3 Å². The van der Waals surface area contributed by atoms with Gasteiger partial charge in [-0.15, -0.1) is 0 Å². The van der Waals surface area contributed by atoms with Gasteiger partial charge in [-0.3, -0.25) is 0 Å². The molecular formula is C12H19N3O3S. The van der Waals surface area contributed by atoms with Gasteiger partial charge in [0.15, 0.2) is 9.84 Å². The van der Waals surface area contributed by atoms with E-state index in [0.717, 1.165) is 6.42 Å². The standard InChI is InChI=1S/C12H19N3O3S/c1-2-18-12-10(13)5-6-11(15-12)14-8-9-4-3-7-19(9,16)17/h5-6,9H,2-4,7-8,13H2,1H3,(H,14,15). The molecule has 0 spiro atoms. The molecule has 1 saturated heterocycles. The van der Waals surface area contributed by atoms with Crippen LogP contribution >= 0.6 is 0 Å². The number of ether oxygens (including phenoxy) is 1. The van der Waals surface area contributed by atoms with E-state index < -0.39 is 9.84 Å². The van der Waals surface area contributed by atoms with Crippen LogP contribution in [0, 0.1) is 0 Å². The molecule has 0 bridgehead atoms. The quantitative estimate of drug-likeness (QED) is 0.840. The van der Waals surface area contributed by atoms with E-state index in [9.17, 15) is 8.42 Å². The van der Waals surface area contributed by atoms with Crippen LogP contribution in [0.4, 0.5) is 11.5 Å². The molecule has 1 unspecified atom stereocenters. The summed E-state index contributed by atoms with van der Waals surface area (Å²) in [4.78, 5) is 4.22. The van der Waals surface area contributed by atoms with Crippen molar-refractivity contribution in [2.75, 3.05) is 30.0 Å². The highest BCUT2D eigenvalue weighted by Crippen LogP contribution is 2.23. The van der Waals surface area contributed by atoms with Crippen molar-refractivity contribution in [1.29, 1.82) is 0 Å². The fraction of sp³-hybridized carbons (Fsp3) is 0.583. The minimum absolute atomic E-state index is 0.290. The number of anilines is 2. The molecule has 0 radical (unpaired) electrons. The number of aromatic nitrogens is 1. The maximum atomic E-state index is 11.7. The molecule has 0 aromatic carbocycles. The monoisotopic (exact) mass is 285 g/mol. The zero-order valence-electron chi connectivity index (χ0n) is 10.9. The van der Waals surface area contributed by atoms with E-state index in [1.54, 1.807) is 12.1 Å². The molecule has 0 amide bonds. The molecule has 3 N–H and O–H groups in total. The summed E-state index contributed by atoms with van der Waals surface area (Å²) in [5.74, 6) is 1.25. The lowest BCUT2D eigenvalue weighted by Crippen LogP contribution is -2.25. The number of hydrogen-bond donors (Lipinski definition) is 2. The molecule has 2 rings (SSSR count). The summed E-state index contributed by atoms with van der Waals surface area (Å²) in [5.41, 5.74) is 6.20. The van der Waals surface area contributed by atoms with Crippen LogP contribution in [0.5, 0.6) is 5.88 Å². The Morgan fingerprint density at radius 1 is 1.53 bits per heavy atom. The first-order valence-corrected chi connectivity index (χ1v) is 8.09. The number of sulfone groups is 1. The zero-order valence-corrected chi connectivity index (χ0v) is 11.7. The van der Waals surface area contributed by atoms with Gasteiger partial charge < -0.3 is 15.8 Å². The smallest absolute Gasteiger partial charge is 0.239 e. The predicted molar refractivity (Wildman–Crippen MR) is 75.1 cm³/mol.